The summed E-state index contributed by atoms with van der Waals surface area (Å²) < 4.78 is 5.31. The molecule has 2 aromatic heterocycles. The molecule has 27 heavy (non-hydrogen) atoms. The third-order valence-corrected chi connectivity index (χ3v) is 4.74. The number of amides is 2. The molecular weight excluding hydrogens is 342 g/mol. The smallest absolute Gasteiger partial charge is 0.294 e. The lowest BCUT2D eigenvalue weighted by Gasteiger charge is -2.40. The van der Waals surface area contributed by atoms with Crippen LogP contribution in [0.3, 0.4) is 0 Å². The maximum Gasteiger partial charge on any atom is 0.294 e. The van der Waals surface area contributed by atoms with Crippen molar-refractivity contribution in [3.63, 3.8) is 0 Å². The second-order valence-electron chi connectivity index (χ2n) is 6.57. The largest absolute Gasteiger partial charge is 0.459 e. The third kappa shape index (κ3) is 2.99. The maximum absolute atomic E-state index is 13.0. The van der Waals surface area contributed by atoms with Gasteiger partial charge in [-0.3, -0.25) is 14.6 Å². The number of fused-ring (bicyclic) bond motifs is 1. The Hall–Kier alpha value is -3.41. The van der Waals surface area contributed by atoms with E-state index in [0.29, 0.717) is 12.2 Å². The number of anilines is 2. The summed E-state index contributed by atoms with van der Waals surface area (Å²) in [6, 6.07) is 12.8. The van der Waals surface area contributed by atoms with Crippen LogP contribution in [-0.2, 0) is 4.79 Å². The third-order valence-electron chi connectivity index (χ3n) is 4.74. The van der Waals surface area contributed by atoms with Crippen molar-refractivity contribution >= 4 is 23.2 Å². The van der Waals surface area contributed by atoms with Crippen LogP contribution >= 0.6 is 0 Å². The Kier molecular flexibility index (Phi) is 4.24. The molecule has 1 atom stereocenters. The summed E-state index contributed by atoms with van der Waals surface area (Å²) in [5, 5.41) is 0. The highest BCUT2D eigenvalue weighted by molar-refractivity contribution is 6.10. The minimum Gasteiger partial charge on any atom is -0.459 e. The van der Waals surface area contributed by atoms with E-state index >= 15 is 0 Å². The van der Waals surface area contributed by atoms with Crippen molar-refractivity contribution in [2.45, 2.75) is 19.9 Å². The van der Waals surface area contributed by atoms with Crippen molar-refractivity contribution in [1.29, 1.82) is 0 Å². The van der Waals surface area contributed by atoms with E-state index in [1.165, 1.54) is 6.26 Å². The van der Waals surface area contributed by atoms with E-state index in [0.717, 1.165) is 16.8 Å². The van der Waals surface area contributed by atoms with Gasteiger partial charge in [-0.1, -0.05) is 6.07 Å². The van der Waals surface area contributed by atoms with Gasteiger partial charge in [-0.05, 0) is 54.4 Å². The van der Waals surface area contributed by atoms with Crippen molar-refractivity contribution < 1.29 is 14.0 Å². The van der Waals surface area contributed by atoms with Gasteiger partial charge in [-0.15, -0.1) is 0 Å². The van der Waals surface area contributed by atoms with Crippen LogP contribution in [0.4, 0.5) is 11.4 Å². The average Bonchev–Trinajstić information content (AvgIpc) is 3.21. The number of rotatable bonds is 2. The molecule has 0 unspecified atom stereocenters. The molecule has 0 saturated heterocycles. The monoisotopic (exact) mass is 361 g/mol. The fourth-order valence-corrected chi connectivity index (χ4v) is 3.55. The molecule has 0 fully saturated rings. The van der Waals surface area contributed by atoms with Crippen LogP contribution in [0.2, 0.25) is 0 Å². The molecule has 6 nitrogen and oxygen atoms in total. The van der Waals surface area contributed by atoms with Gasteiger partial charge in [0.25, 0.3) is 5.91 Å². The van der Waals surface area contributed by atoms with Gasteiger partial charge in [0, 0.05) is 25.9 Å². The van der Waals surface area contributed by atoms with Gasteiger partial charge in [-0.25, -0.2) is 0 Å². The highest BCUT2D eigenvalue weighted by Gasteiger charge is 2.34. The first-order valence-corrected chi connectivity index (χ1v) is 8.76. The van der Waals surface area contributed by atoms with Gasteiger partial charge in [0.05, 0.1) is 23.7 Å². The second-order valence-corrected chi connectivity index (χ2v) is 6.57. The van der Waals surface area contributed by atoms with E-state index in [2.05, 4.69) is 4.98 Å². The molecule has 0 bridgehead atoms. The van der Waals surface area contributed by atoms with Gasteiger partial charge in [0.15, 0.2) is 5.76 Å². The minimum absolute atomic E-state index is 0.0505. The fourth-order valence-electron chi connectivity index (χ4n) is 3.55. The van der Waals surface area contributed by atoms with E-state index in [4.69, 9.17) is 4.42 Å². The SMILES string of the molecule is CC(=O)N1c2ccc(-c3ccncc3)cc2N(C(=O)c2ccco2)C[C@@H]1C. The molecule has 0 N–H and O–H groups in total. The Morgan fingerprint density at radius 3 is 2.52 bits per heavy atom. The number of furan rings is 1. The first kappa shape index (κ1) is 17.0. The Bertz CT molecular complexity index is 983. The number of carbonyl (C=O) groups excluding carboxylic acids is 2. The maximum atomic E-state index is 13.0. The number of nitrogens with zero attached hydrogens (tertiary/aromatic N) is 3. The number of hydrogen-bond acceptors (Lipinski definition) is 4. The standard InChI is InChI=1S/C21H19N3O3/c1-14-13-23(21(26)20-4-3-11-27-20)19-12-17(16-7-9-22-10-8-16)5-6-18(19)24(14)15(2)25/h3-12,14H,13H2,1-2H3/t14-/m0/s1. The van der Waals surface area contributed by atoms with Gasteiger partial charge >= 0.3 is 0 Å². The fraction of sp³-hybridized carbons (Fsp3) is 0.190. The van der Waals surface area contributed by atoms with Crippen LogP contribution < -0.4 is 9.80 Å². The summed E-state index contributed by atoms with van der Waals surface area (Å²) in [4.78, 5) is 32.7. The molecule has 2 amide bonds. The van der Waals surface area contributed by atoms with Crippen LogP contribution in [0, 0.1) is 0 Å². The van der Waals surface area contributed by atoms with Crippen molar-refractivity contribution in [3.05, 3.63) is 66.9 Å². The molecule has 1 aliphatic heterocycles. The van der Waals surface area contributed by atoms with Crippen molar-refractivity contribution in [1.82, 2.24) is 4.98 Å². The lowest BCUT2D eigenvalue weighted by atomic mass is 10.0. The summed E-state index contributed by atoms with van der Waals surface area (Å²) in [6.07, 6.45) is 4.94. The van der Waals surface area contributed by atoms with Crippen LogP contribution in [-0.4, -0.2) is 29.4 Å². The van der Waals surface area contributed by atoms with Gasteiger partial charge in [0.1, 0.15) is 0 Å². The Labute approximate surface area is 157 Å². The van der Waals surface area contributed by atoms with Gasteiger partial charge in [0.2, 0.25) is 5.91 Å². The number of hydrogen-bond donors (Lipinski definition) is 0. The summed E-state index contributed by atoms with van der Waals surface area (Å²) >= 11 is 0. The summed E-state index contributed by atoms with van der Waals surface area (Å²) in [5.41, 5.74) is 3.36. The van der Waals surface area contributed by atoms with E-state index in [-0.39, 0.29) is 23.6 Å². The predicted octanol–water partition coefficient (Wildman–Crippen LogP) is 3.74. The topological polar surface area (TPSA) is 66.7 Å². The zero-order valence-corrected chi connectivity index (χ0v) is 15.1. The molecule has 1 aliphatic rings. The highest BCUT2D eigenvalue weighted by Crippen LogP contribution is 2.39. The van der Waals surface area contributed by atoms with E-state index in [9.17, 15) is 9.59 Å². The normalized spacial score (nSPS) is 16.1. The Morgan fingerprint density at radius 1 is 1.07 bits per heavy atom. The van der Waals surface area contributed by atoms with Crippen LogP contribution in [0.1, 0.15) is 24.4 Å². The Balaban J connectivity index is 1.85. The molecule has 3 aromatic rings. The number of benzene rings is 1. The number of pyridine rings is 1. The molecule has 0 saturated carbocycles. The molecule has 0 radical (unpaired) electrons. The highest BCUT2D eigenvalue weighted by atomic mass is 16.3. The first-order valence-electron chi connectivity index (χ1n) is 8.76. The van der Waals surface area contributed by atoms with Crippen molar-refractivity contribution in [2.75, 3.05) is 16.3 Å². The molecule has 136 valence electrons. The number of aromatic nitrogens is 1. The zero-order chi connectivity index (χ0) is 19.0. The summed E-state index contributed by atoms with van der Waals surface area (Å²) in [6.45, 7) is 3.87. The average molecular weight is 361 g/mol. The molecular formula is C21H19N3O3. The second kappa shape index (κ2) is 6.72. The summed E-state index contributed by atoms with van der Waals surface area (Å²) in [7, 11) is 0. The lowest BCUT2D eigenvalue weighted by Crippen LogP contribution is -2.51. The molecule has 6 heteroatoms. The summed E-state index contributed by atoms with van der Waals surface area (Å²) in [5.74, 6) is 0.00688. The van der Waals surface area contributed by atoms with Crippen LogP contribution in [0.25, 0.3) is 11.1 Å². The Morgan fingerprint density at radius 2 is 1.85 bits per heavy atom. The van der Waals surface area contributed by atoms with E-state index in [1.54, 1.807) is 41.2 Å². The molecule has 3 heterocycles. The lowest BCUT2D eigenvalue weighted by molar-refractivity contribution is -0.117. The molecule has 0 spiro atoms. The number of carbonyl (C=O) groups is 2. The minimum atomic E-state index is -0.219. The van der Waals surface area contributed by atoms with Crippen molar-refractivity contribution in [3.8, 4) is 11.1 Å². The van der Waals surface area contributed by atoms with Gasteiger partial charge in [-0.2, -0.15) is 0 Å². The molecule has 1 aromatic carbocycles. The van der Waals surface area contributed by atoms with E-state index < -0.39 is 0 Å². The molecule has 0 aliphatic carbocycles. The van der Waals surface area contributed by atoms with E-state index in [1.807, 2.05) is 37.3 Å². The first-order chi connectivity index (χ1) is 13.1. The van der Waals surface area contributed by atoms with Crippen LogP contribution in [0.15, 0.2) is 65.5 Å². The predicted molar refractivity (Wildman–Crippen MR) is 103 cm³/mol. The van der Waals surface area contributed by atoms with Crippen LogP contribution in [0.5, 0.6) is 0 Å². The van der Waals surface area contributed by atoms with Crippen molar-refractivity contribution in [2.24, 2.45) is 0 Å². The quantitative estimate of drug-likeness (QED) is 0.697. The van der Waals surface area contributed by atoms with Gasteiger partial charge < -0.3 is 14.2 Å². The zero-order valence-electron chi connectivity index (χ0n) is 15.1. The molecule has 4 rings (SSSR count).